The Bertz CT molecular complexity index is 723. The molecule has 0 saturated heterocycles. The number of nitrogens with one attached hydrogen (secondary N) is 2. The summed E-state index contributed by atoms with van der Waals surface area (Å²) in [6.07, 6.45) is 0. The normalized spacial score (nSPS) is 10.4. The lowest BCUT2D eigenvalue weighted by Gasteiger charge is -2.13. The second-order valence-corrected chi connectivity index (χ2v) is 5.30. The van der Waals surface area contributed by atoms with Crippen LogP contribution in [-0.2, 0) is 11.3 Å². The second kappa shape index (κ2) is 8.86. The van der Waals surface area contributed by atoms with E-state index in [9.17, 15) is 13.6 Å². The van der Waals surface area contributed by atoms with Gasteiger partial charge in [-0.15, -0.1) is 0 Å². The third-order valence-corrected chi connectivity index (χ3v) is 3.57. The molecule has 2 aromatic rings. The Morgan fingerprint density at radius 2 is 1.92 bits per heavy atom. The molecule has 0 heterocycles. The second-order valence-electron chi connectivity index (χ2n) is 5.30. The smallest absolute Gasteiger partial charge is 0.387 e. The molecule has 25 heavy (non-hydrogen) atoms. The maximum atomic E-state index is 12.4. The number of benzene rings is 2. The molecule has 0 bridgehead atoms. The highest BCUT2D eigenvalue weighted by molar-refractivity contribution is 5.80. The molecular formula is C18H20F2N2O3. The van der Waals surface area contributed by atoms with Gasteiger partial charge >= 0.3 is 6.61 Å². The van der Waals surface area contributed by atoms with Crippen molar-refractivity contribution in [3.8, 4) is 11.5 Å². The summed E-state index contributed by atoms with van der Waals surface area (Å²) in [7, 11) is 1.36. The summed E-state index contributed by atoms with van der Waals surface area (Å²) in [5, 5.41) is 5.67. The van der Waals surface area contributed by atoms with E-state index in [0.717, 1.165) is 11.1 Å². The van der Waals surface area contributed by atoms with E-state index in [0.29, 0.717) is 12.2 Å². The van der Waals surface area contributed by atoms with Gasteiger partial charge in [0, 0.05) is 18.3 Å². The SMILES string of the molecule is COc1ccc(NCC(=O)NCc2ccccc2C)cc1OC(F)F. The number of hydrogen-bond acceptors (Lipinski definition) is 4. The van der Waals surface area contributed by atoms with Gasteiger partial charge in [-0.25, -0.2) is 0 Å². The topological polar surface area (TPSA) is 59.6 Å². The fraction of sp³-hybridized carbons (Fsp3) is 0.278. The van der Waals surface area contributed by atoms with Crippen molar-refractivity contribution in [2.24, 2.45) is 0 Å². The number of amides is 1. The number of hydrogen-bond donors (Lipinski definition) is 2. The molecule has 0 atom stereocenters. The van der Waals surface area contributed by atoms with Crippen molar-refractivity contribution in [1.82, 2.24) is 5.32 Å². The van der Waals surface area contributed by atoms with E-state index in [-0.39, 0.29) is 24.0 Å². The summed E-state index contributed by atoms with van der Waals surface area (Å²) in [5.74, 6) is -0.118. The Labute approximate surface area is 144 Å². The molecule has 2 aromatic carbocycles. The van der Waals surface area contributed by atoms with Crippen LogP contribution in [0.25, 0.3) is 0 Å². The van der Waals surface area contributed by atoms with E-state index in [4.69, 9.17) is 4.74 Å². The van der Waals surface area contributed by atoms with Gasteiger partial charge in [0.1, 0.15) is 0 Å². The van der Waals surface area contributed by atoms with Gasteiger partial charge in [0.2, 0.25) is 5.91 Å². The molecular weight excluding hydrogens is 330 g/mol. The Morgan fingerprint density at radius 1 is 1.16 bits per heavy atom. The number of anilines is 1. The number of aryl methyl sites for hydroxylation is 1. The molecule has 1 amide bonds. The molecule has 0 aliphatic heterocycles. The highest BCUT2D eigenvalue weighted by Gasteiger charge is 2.11. The number of rotatable bonds is 8. The largest absolute Gasteiger partial charge is 0.493 e. The predicted molar refractivity (Wildman–Crippen MR) is 91.1 cm³/mol. The maximum Gasteiger partial charge on any atom is 0.387 e. The van der Waals surface area contributed by atoms with Crippen molar-refractivity contribution < 1.29 is 23.0 Å². The molecule has 5 nitrogen and oxygen atoms in total. The lowest BCUT2D eigenvalue weighted by molar-refractivity contribution is -0.119. The highest BCUT2D eigenvalue weighted by atomic mass is 19.3. The van der Waals surface area contributed by atoms with Gasteiger partial charge in [-0.3, -0.25) is 4.79 Å². The molecule has 0 saturated carbocycles. The van der Waals surface area contributed by atoms with Crippen LogP contribution in [0.15, 0.2) is 42.5 Å². The number of halogens is 2. The predicted octanol–water partition coefficient (Wildman–Crippen LogP) is 3.33. The van der Waals surface area contributed by atoms with Crippen molar-refractivity contribution in [1.29, 1.82) is 0 Å². The van der Waals surface area contributed by atoms with Crippen molar-refractivity contribution in [2.45, 2.75) is 20.1 Å². The molecule has 2 rings (SSSR count). The molecule has 134 valence electrons. The van der Waals surface area contributed by atoms with Crippen LogP contribution in [0, 0.1) is 6.92 Å². The van der Waals surface area contributed by atoms with Crippen molar-refractivity contribution in [3.05, 3.63) is 53.6 Å². The van der Waals surface area contributed by atoms with Gasteiger partial charge < -0.3 is 20.1 Å². The summed E-state index contributed by atoms with van der Waals surface area (Å²) in [6, 6.07) is 12.2. The summed E-state index contributed by atoms with van der Waals surface area (Å²) in [5.41, 5.74) is 2.61. The van der Waals surface area contributed by atoms with Gasteiger partial charge in [-0.1, -0.05) is 24.3 Å². The summed E-state index contributed by atoms with van der Waals surface area (Å²) >= 11 is 0. The van der Waals surface area contributed by atoms with Crippen LogP contribution in [0.5, 0.6) is 11.5 Å². The summed E-state index contributed by atoms with van der Waals surface area (Å²) in [6.45, 7) is -0.551. The zero-order valence-corrected chi connectivity index (χ0v) is 14.0. The minimum atomic E-state index is -2.96. The third kappa shape index (κ3) is 5.63. The zero-order valence-electron chi connectivity index (χ0n) is 14.0. The van der Waals surface area contributed by atoms with E-state index in [2.05, 4.69) is 15.4 Å². The van der Waals surface area contributed by atoms with E-state index >= 15 is 0 Å². The lowest BCUT2D eigenvalue weighted by atomic mass is 10.1. The molecule has 0 fully saturated rings. The fourth-order valence-electron chi connectivity index (χ4n) is 2.22. The van der Waals surface area contributed by atoms with Crippen molar-refractivity contribution >= 4 is 11.6 Å². The van der Waals surface area contributed by atoms with Crippen molar-refractivity contribution in [2.75, 3.05) is 19.0 Å². The average Bonchev–Trinajstić information content (AvgIpc) is 2.59. The minimum absolute atomic E-state index is 0.00628. The highest BCUT2D eigenvalue weighted by Crippen LogP contribution is 2.31. The zero-order chi connectivity index (χ0) is 18.2. The van der Waals surface area contributed by atoms with Crippen LogP contribution in [0.4, 0.5) is 14.5 Å². The maximum absolute atomic E-state index is 12.4. The van der Waals surface area contributed by atoms with E-state index in [1.54, 1.807) is 6.07 Å². The molecule has 2 N–H and O–H groups in total. The first-order chi connectivity index (χ1) is 12.0. The monoisotopic (exact) mass is 350 g/mol. The first-order valence-electron chi connectivity index (χ1n) is 7.67. The van der Waals surface area contributed by atoms with Gasteiger partial charge in [-0.2, -0.15) is 8.78 Å². The van der Waals surface area contributed by atoms with E-state index in [1.165, 1.54) is 19.2 Å². The van der Waals surface area contributed by atoms with Gasteiger partial charge in [0.05, 0.1) is 13.7 Å². The van der Waals surface area contributed by atoms with Crippen LogP contribution in [0.2, 0.25) is 0 Å². The first-order valence-corrected chi connectivity index (χ1v) is 7.67. The number of ether oxygens (including phenoxy) is 2. The van der Waals surface area contributed by atoms with Crippen LogP contribution in [-0.4, -0.2) is 26.2 Å². The summed E-state index contributed by atoms with van der Waals surface area (Å²) < 4.78 is 34.2. The standard InChI is InChI=1S/C18H20F2N2O3/c1-12-5-3-4-6-13(12)10-22-17(23)11-21-14-7-8-15(24-2)16(9-14)25-18(19)20/h3-9,18,21H,10-11H2,1-2H3,(H,22,23). The molecule has 0 radical (unpaired) electrons. The molecule has 0 aromatic heterocycles. The lowest BCUT2D eigenvalue weighted by Crippen LogP contribution is -2.29. The summed E-state index contributed by atoms with van der Waals surface area (Å²) in [4.78, 5) is 11.9. The molecule has 0 spiro atoms. The molecule has 7 heteroatoms. The van der Waals surface area contributed by atoms with E-state index < -0.39 is 6.61 Å². The van der Waals surface area contributed by atoms with Crippen LogP contribution < -0.4 is 20.1 Å². The molecule has 0 unspecified atom stereocenters. The number of carbonyl (C=O) groups is 1. The number of alkyl halides is 2. The van der Waals surface area contributed by atoms with Crippen molar-refractivity contribution in [3.63, 3.8) is 0 Å². The van der Waals surface area contributed by atoms with Gasteiger partial charge in [-0.05, 0) is 30.2 Å². The number of methoxy groups -OCH3 is 1. The first kappa shape index (κ1) is 18.5. The van der Waals surface area contributed by atoms with E-state index in [1.807, 2.05) is 31.2 Å². The van der Waals surface area contributed by atoms with Crippen LogP contribution in [0.3, 0.4) is 0 Å². The van der Waals surface area contributed by atoms with Crippen LogP contribution in [0.1, 0.15) is 11.1 Å². The quantitative estimate of drug-likeness (QED) is 0.767. The Morgan fingerprint density at radius 3 is 2.60 bits per heavy atom. The molecule has 0 aliphatic rings. The third-order valence-electron chi connectivity index (χ3n) is 3.57. The fourth-order valence-corrected chi connectivity index (χ4v) is 2.22. The number of carbonyl (C=O) groups excluding carboxylic acids is 1. The Balaban J connectivity index is 1.89. The van der Waals surface area contributed by atoms with Crippen LogP contribution >= 0.6 is 0 Å². The molecule has 0 aliphatic carbocycles. The minimum Gasteiger partial charge on any atom is -0.493 e. The Kier molecular flexibility index (Phi) is 6.56. The Hall–Kier alpha value is -2.83. The average molecular weight is 350 g/mol. The van der Waals surface area contributed by atoms with Gasteiger partial charge in [0.25, 0.3) is 0 Å². The van der Waals surface area contributed by atoms with Gasteiger partial charge in [0.15, 0.2) is 11.5 Å².